The number of aryl methyl sites for hydroxylation is 1. The lowest BCUT2D eigenvalue weighted by Gasteiger charge is -2.21. The monoisotopic (exact) mass is 187 g/mol. The van der Waals surface area contributed by atoms with E-state index in [0.717, 1.165) is 18.5 Å². The number of benzene rings is 1. The molecule has 0 unspecified atom stereocenters. The van der Waals surface area contributed by atoms with Gasteiger partial charge in [-0.2, -0.15) is 0 Å². The van der Waals surface area contributed by atoms with Crippen molar-refractivity contribution in [3.63, 3.8) is 0 Å². The van der Waals surface area contributed by atoms with Gasteiger partial charge in [-0.1, -0.05) is 32.6 Å². The molecule has 0 amide bonds. The normalized spacial score (nSPS) is 15.2. The number of rotatable bonds is 1. The summed E-state index contributed by atoms with van der Waals surface area (Å²) < 4.78 is 0. The highest BCUT2D eigenvalue weighted by Crippen LogP contribution is 2.28. The summed E-state index contributed by atoms with van der Waals surface area (Å²) in [7, 11) is 0. The predicted molar refractivity (Wildman–Crippen MR) is 61.6 cm³/mol. The standard InChI is InChI=1S/C13H17N/c1-9(2)11-6-7-13-12(8-11)5-4-10(3)14-13/h6-9,14H,3-5H2,1-2H3. The lowest BCUT2D eigenvalue weighted by Crippen LogP contribution is -2.09. The topological polar surface area (TPSA) is 12.0 Å². The Kier molecular flexibility index (Phi) is 2.32. The van der Waals surface area contributed by atoms with Crippen LogP contribution < -0.4 is 5.32 Å². The fourth-order valence-corrected chi connectivity index (χ4v) is 1.84. The van der Waals surface area contributed by atoms with E-state index in [9.17, 15) is 0 Å². The second kappa shape index (κ2) is 3.49. The maximum Gasteiger partial charge on any atom is 0.0414 e. The second-order valence-electron chi connectivity index (χ2n) is 4.30. The number of hydrogen-bond acceptors (Lipinski definition) is 1. The van der Waals surface area contributed by atoms with Gasteiger partial charge in [-0.3, -0.25) is 0 Å². The van der Waals surface area contributed by atoms with Gasteiger partial charge in [0.25, 0.3) is 0 Å². The van der Waals surface area contributed by atoms with Crippen molar-refractivity contribution in [2.45, 2.75) is 32.6 Å². The molecule has 1 heteroatoms. The average Bonchev–Trinajstić information content (AvgIpc) is 2.16. The van der Waals surface area contributed by atoms with Gasteiger partial charge in [0.1, 0.15) is 0 Å². The van der Waals surface area contributed by atoms with Crippen LogP contribution in [0, 0.1) is 0 Å². The van der Waals surface area contributed by atoms with E-state index in [-0.39, 0.29) is 0 Å². The van der Waals surface area contributed by atoms with E-state index in [0.29, 0.717) is 5.92 Å². The minimum absolute atomic E-state index is 0.616. The molecule has 1 heterocycles. The third-order valence-electron chi connectivity index (χ3n) is 2.80. The molecule has 0 radical (unpaired) electrons. The highest BCUT2D eigenvalue weighted by Gasteiger charge is 2.11. The largest absolute Gasteiger partial charge is 0.359 e. The molecule has 1 aromatic carbocycles. The second-order valence-corrected chi connectivity index (χ2v) is 4.30. The predicted octanol–water partition coefficient (Wildman–Crippen LogP) is 3.68. The van der Waals surface area contributed by atoms with E-state index in [1.165, 1.54) is 16.8 Å². The maximum absolute atomic E-state index is 3.96. The molecule has 0 atom stereocenters. The molecule has 1 N–H and O–H groups in total. The van der Waals surface area contributed by atoms with Crippen molar-refractivity contribution in [3.8, 4) is 0 Å². The minimum Gasteiger partial charge on any atom is -0.359 e. The first kappa shape index (κ1) is 9.32. The van der Waals surface area contributed by atoms with Gasteiger partial charge >= 0.3 is 0 Å². The quantitative estimate of drug-likeness (QED) is 0.707. The van der Waals surface area contributed by atoms with Crippen LogP contribution in [0.15, 0.2) is 30.5 Å². The van der Waals surface area contributed by atoms with Crippen LogP contribution in [-0.2, 0) is 6.42 Å². The number of nitrogens with one attached hydrogen (secondary N) is 1. The van der Waals surface area contributed by atoms with Crippen molar-refractivity contribution in [1.29, 1.82) is 0 Å². The van der Waals surface area contributed by atoms with Crippen LogP contribution >= 0.6 is 0 Å². The molecule has 2 rings (SSSR count). The van der Waals surface area contributed by atoms with Crippen molar-refractivity contribution in [1.82, 2.24) is 0 Å². The van der Waals surface area contributed by atoms with E-state index in [1.54, 1.807) is 0 Å². The number of anilines is 1. The molecule has 1 aromatic rings. The van der Waals surface area contributed by atoms with Gasteiger partial charge in [-0.15, -0.1) is 0 Å². The van der Waals surface area contributed by atoms with Crippen molar-refractivity contribution in [2.75, 3.05) is 5.32 Å². The Bertz CT molecular complexity index is 363. The van der Waals surface area contributed by atoms with Gasteiger partial charge < -0.3 is 5.32 Å². The molecule has 1 aliphatic heterocycles. The fraction of sp³-hybridized carbons (Fsp3) is 0.385. The van der Waals surface area contributed by atoms with Crippen LogP contribution in [0.2, 0.25) is 0 Å². The third-order valence-corrected chi connectivity index (χ3v) is 2.80. The van der Waals surface area contributed by atoms with Gasteiger partial charge in [0.15, 0.2) is 0 Å². The molecule has 0 aromatic heterocycles. The molecule has 1 aliphatic rings. The smallest absolute Gasteiger partial charge is 0.0414 e. The Morgan fingerprint density at radius 2 is 2.07 bits per heavy atom. The van der Waals surface area contributed by atoms with Crippen LogP contribution in [-0.4, -0.2) is 0 Å². The first-order chi connectivity index (χ1) is 6.66. The zero-order valence-corrected chi connectivity index (χ0v) is 8.93. The molecule has 0 fully saturated rings. The van der Waals surface area contributed by atoms with Crippen LogP contribution in [0.1, 0.15) is 37.3 Å². The Morgan fingerprint density at radius 3 is 2.79 bits per heavy atom. The van der Waals surface area contributed by atoms with Crippen molar-refractivity contribution >= 4 is 5.69 Å². The zero-order chi connectivity index (χ0) is 10.1. The summed E-state index contributed by atoms with van der Waals surface area (Å²) >= 11 is 0. The minimum atomic E-state index is 0.616. The first-order valence-electron chi connectivity index (χ1n) is 5.24. The molecule has 1 nitrogen and oxygen atoms in total. The van der Waals surface area contributed by atoms with E-state index < -0.39 is 0 Å². The Hall–Kier alpha value is -1.24. The molecule has 0 saturated heterocycles. The molecule has 74 valence electrons. The van der Waals surface area contributed by atoms with Crippen LogP contribution in [0.4, 0.5) is 5.69 Å². The summed E-state index contributed by atoms with van der Waals surface area (Å²) in [6.45, 7) is 8.43. The summed E-state index contributed by atoms with van der Waals surface area (Å²) in [4.78, 5) is 0. The Morgan fingerprint density at radius 1 is 1.29 bits per heavy atom. The van der Waals surface area contributed by atoms with Crippen LogP contribution in [0.5, 0.6) is 0 Å². The molecular weight excluding hydrogens is 170 g/mol. The van der Waals surface area contributed by atoms with Crippen molar-refractivity contribution < 1.29 is 0 Å². The summed E-state index contributed by atoms with van der Waals surface area (Å²) in [5.41, 5.74) is 5.24. The zero-order valence-electron chi connectivity index (χ0n) is 8.93. The average molecular weight is 187 g/mol. The Balaban J connectivity index is 2.36. The highest BCUT2D eigenvalue weighted by atomic mass is 14.9. The van der Waals surface area contributed by atoms with E-state index in [2.05, 4.69) is 43.9 Å². The van der Waals surface area contributed by atoms with Gasteiger partial charge in [-0.25, -0.2) is 0 Å². The molecule has 14 heavy (non-hydrogen) atoms. The van der Waals surface area contributed by atoms with Gasteiger partial charge in [0.05, 0.1) is 0 Å². The summed E-state index contributed by atoms with van der Waals surface area (Å²) in [5.74, 6) is 0.616. The van der Waals surface area contributed by atoms with E-state index in [1.807, 2.05) is 0 Å². The molecule has 0 spiro atoms. The van der Waals surface area contributed by atoms with Crippen molar-refractivity contribution in [3.05, 3.63) is 41.6 Å². The summed E-state index contributed by atoms with van der Waals surface area (Å²) in [6, 6.07) is 6.70. The Labute approximate surface area is 85.8 Å². The van der Waals surface area contributed by atoms with E-state index in [4.69, 9.17) is 0 Å². The molecule has 0 saturated carbocycles. The number of allylic oxidation sites excluding steroid dienone is 1. The fourth-order valence-electron chi connectivity index (χ4n) is 1.84. The summed E-state index contributed by atoms with van der Waals surface area (Å²) in [5, 5.41) is 3.33. The van der Waals surface area contributed by atoms with Crippen LogP contribution in [0.25, 0.3) is 0 Å². The van der Waals surface area contributed by atoms with E-state index >= 15 is 0 Å². The third kappa shape index (κ3) is 1.67. The lowest BCUT2D eigenvalue weighted by atomic mass is 9.95. The lowest BCUT2D eigenvalue weighted by molar-refractivity contribution is 0.852. The molecular formula is C13H17N. The number of fused-ring (bicyclic) bond motifs is 1. The molecule has 0 aliphatic carbocycles. The maximum atomic E-state index is 3.96. The summed E-state index contributed by atoms with van der Waals surface area (Å²) in [6.07, 6.45) is 2.19. The van der Waals surface area contributed by atoms with Crippen LogP contribution in [0.3, 0.4) is 0 Å². The van der Waals surface area contributed by atoms with Gasteiger partial charge in [-0.05, 0) is 36.0 Å². The first-order valence-corrected chi connectivity index (χ1v) is 5.24. The van der Waals surface area contributed by atoms with Gasteiger partial charge in [0, 0.05) is 11.4 Å². The number of hydrogen-bond donors (Lipinski definition) is 1. The van der Waals surface area contributed by atoms with Gasteiger partial charge in [0.2, 0.25) is 0 Å². The molecule has 0 bridgehead atoms. The highest BCUT2D eigenvalue weighted by molar-refractivity contribution is 5.58. The SMILES string of the molecule is C=C1CCc2cc(C(C)C)ccc2N1. The van der Waals surface area contributed by atoms with Crippen molar-refractivity contribution in [2.24, 2.45) is 0 Å².